The van der Waals surface area contributed by atoms with E-state index < -0.39 is 5.82 Å². The van der Waals surface area contributed by atoms with E-state index in [0.717, 1.165) is 19.5 Å². The summed E-state index contributed by atoms with van der Waals surface area (Å²) >= 11 is 6.90. The Morgan fingerprint density at radius 1 is 1.18 bits per heavy atom. The number of pyridine rings is 1. The average Bonchev–Trinajstić information content (AvgIpc) is 3.11. The number of amides is 2. The molecule has 1 unspecified atom stereocenters. The highest BCUT2D eigenvalue weighted by Gasteiger charge is 2.47. The number of likely N-dealkylation sites (tertiary alicyclic amines) is 1. The maximum absolute atomic E-state index is 15.0. The van der Waals surface area contributed by atoms with E-state index >= 15 is 4.39 Å². The van der Waals surface area contributed by atoms with Gasteiger partial charge in [0.15, 0.2) is 5.75 Å². The Balaban J connectivity index is 1.48. The number of carbonyl (C=O) groups is 2. The molecule has 6 rings (SSSR count). The number of hydrogen-bond acceptors (Lipinski definition) is 6. The molecule has 2 atom stereocenters. The van der Waals surface area contributed by atoms with Crippen molar-refractivity contribution in [1.29, 1.82) is 0 Å². The van der Waals surface area contributed by atoms with E-state index in [1.807, 2.05) is 0 Å². The van der Waals surface area contributed by atoms with Crippen LogP contribution >= 0.6 is 11.6 Å². The Morgan fingerprint density at radius 2 is 1.95 bits per heavy atom. The number of anilines is 1. The molecule has 39 heavy (non-hydrogen) atoms. The number of fused-ring (bicyclic) bond motifs is 2. The second-order valence-electron chi connectivity index (χ2n) is 11.4. The van der Waals surface area contributed by atoms with E-state index in [1.54, 1.807) is 28.0 Å². The number of rotatable bonds is 4. The van der Waals surface area contributed by atoms with Gasteiger partial charge in [-0.3, -0.25) is 14.5 Å². The van der Waals surface area contributed by atoms with Crippen molar-refractivity contribution in [1.82, 2.24) is 19.7 Å². The largest absolute Gasteiger partial charge is 0.489 e. The molecule has 1 aromatic heterocycles. The number of aromatic nitrogens is 1. The lowest BCUT2D eigenvalue weighted by Gasteiger charge is -2.40. The van der Waals surface area contributed by atoms with Crippen molar-refractivity contribution in [3.05, 3.63) is 53.3 Å². The number of nitrogens with zero attached hydrogens (tertiary/aromatic N) is 5. The van der Waals surface area contributed by atoms with Crippen LogP contribution < -0.4 is 9.64 Å². The highest BCUT2D eigenvalue weighted by atomic mass is 35.5. The van der Waals surface area contributed by atoms with Crippen LogP contribution in [0.5, 0.6) is 5.75 Å². The highest BCUT2D eigenvalue weighted by molar-refractivity contribution is 6.35. The average molecular weight is 554 g/mol. The molecule has 3 saturated heterocycles. The molecule has 4 aliphatic rings. The van der Waals surface area contributed by atoms with Gasteiger partial charge in [-0.05, 0) is 58.0 Å². The van der Waals surface area contributed by atoms with Crippen molar-refractivity contribution in [2.24, 2.45) is 0 Å². The Kier molecular flexibility index (Phi) is 6.54. The van der Waals surface area contributed by atoms with Crippen molar-refractivity contribution >= 4 is 29.2 Å². The number of benzene rings is 1. The van der Waals surface area contributed by atoms with Crippen LogP contribution in [0.2, 0.25) is 5.02 Å². The molecule has 10 heteroatoms. The third-order valence-electron chi connectivity index (χ3n) is 8.59. The Morgan fingerprint density at radius 3 is 2.64 bits per heavy atom. The predicted molar refractivity (Wildman–Crippen MR) is 148 cm³/mol. The second-order valence-corrected chi connectivity index (χ2v) is 11.8. The molecule has 0 aliphatic carbocycles. The summed E-state index contributed by atoms with van der Waals surface area (Å²) in [5.41, 5.74) is 0.512. The molecule has 2 amide bonds. The maximum Gasteiger partial charge on any atom is 0.261 e. The first-order valence-corrected chi connectivity index (χ1v) is 13.9. The molecule has 0 N–H and O–H groups in total. The van der Waals surface area contributed by atoms with Crippen LogP contribution in [0, 0.1) is 5.82 Å². The van der Waals surface area contributed by atoms with Crippen LogP contribution in [0.15, 0.2) is 36.9 Å². The maximum atomic E-state index is 15.0. The zero-order valence-electron chi connectivity index (χ0n) is 22.3. The van der Waals surface area contributed by atoms with E-state index in [-0.39, 0.29) is 52.0 Å². The summed E-state index contributed by atoms with van der Waals surface area (Å²) < 4.78 is 21.3. The third kappa shape index (κ3) is 4.36. The summed E-state index contributed by atoms with van der Waals surface area (Å²) in [6.45, 7) is 12.0. The lowest BCUT2D eigenvalue weighted by Crippen LogP contribution is -2.57. The monoisotopic (exact) mass is 553 g/mol. The molecule has 8 nitrogen and oxygen atoms in total. The van der Waals surface area contributed by atoms with Crippen molar-refractivity contribution < 1.29 is 18.7 Å². The number of hydrogen-bond donors (Lipinski definition) is 0. The first kappa shape index (κ1) is 26.1. The Labute approximate surface area is 233 Å². The van der Waals surface area contributed by atoms with Gasteiger partial charge in [-0.2, -0.15) is 0 Å². The van der Waals surface area contributed by atoms with E-state index in [1.165, 1.54) is 18.6 Å². The van der Waals surface area contributed by atoms with Crippen LogP contribution in [0.3, 0.4) is 0 Å². The predicted octanol–water partition coefficient (Wildman–Crippen LogP) is 3.84. The molecule has 4 aliphatic heterocycles. The minimum atomic E-state index is -0.451. The molecule has 0 bridgehead atoms. The van der Waals surface area contributed by atoms with Gasteiger partial charge < -0.3 is 19.4 Å². The molecule has 206 valence electrons. The van der Waals surface area contributed by atoms with Gasteiger partial charge in [0.1, 0.15) is 28.8 Å². The number of ether oxygens (including phenoxy) is 1. The Hall–Kier alpha value is -3.17. The smallest absolute Gasteiger partial charge is 0.261 e. The van der Waals surface area contributed by atoms with Gasteiger partial charge in [0.2, 0.25) is 5.91 Å². The fourth-order valence-corrected chi connectivity index (χ4v) is 6.63. The highest BCUT2D eigenvalue weighted by Crippen LogP contribution is 2.47. The number of carbonyl (C=O) groups excluding carboxylic acids is 2. The summed E-state index contributed by atoms with van der Waals surface area (Å²) in [4.78, 5) is 39.6. The fraction of sp³-hybridized carbons (Fsp3) is 0.483. The lowest BCUT2D eigenvalue weighted by atomic mass is 9.97. The summed E-state index contributed by atoms with van der Waals surface area (Å²) in [5, 5.41) is 0.113. The van der Waals surface area contributed by atoms with Gasteiger partial charge in [0.05, 0.1) is 11.7 Å². The van der Waals surface area contributed by atoms with E-state index in [4.69, 9.17) is 21.3 Å². The van der Waals surface area contributed by atoms with Crippen molar-refractivity contribution in [3.63, 3.8) is 0 Å². The zero-order chi connectivity index (χ0) is 27.5. The van der Waals surface area contributed by atoms with Crippen LogP contribution in [0.1, 0.15) is 37.0 Å². The minimum Gasteiger partial charge on any atom is -0.489 e. The van der Waals surface area contributed by atoms with Crippen LogP contribution in [0.4, 0.5) is 10.2 Å². The molecule has 5 heterocycles. The second kappa shape index (κ2) is 9.78. The third-order valence-corrected chi connectivity index (χ3v) is 8.94. The summed E-state index contributed by atoms with van der Waals surface area (Å²) in [7, 11) is 0. The summed E-state index contributed by atoms with van der Waals surface area (Å²) in [6, 6.07) is 6.34. The van der Waals surface area contributed by atoms with Gasteiger partial charge >= 0.3 is 0 Å². The molecule has 1 aromatic carbocycles. The Bertz CT molecular complexity index is 1350. The first-order chi connectivity index (χ1) is 18.7. The standard InChI is InChI=1S/C29H33ClFN5O3/c1-4-22(37)34-12-13-35-19(15-34)17-39-26-23(28(35)38)27(32-25(24(26)30)20-8-5-6-9-21(20)31)36-16-18(14-29(36,2)3)33-10-7-11-33/h4-6,8-9,18-19H,1,7,10-17H2,2-3H3/t18?,19-/m1/s1. The van der Waals surface area contributed by atoms with Gasteiger partial charge in [0.25, 0.3) is 5.91 Å². The van der Waals surface area contributed by atoms with Gasteiger partial charge in [-0.25, -0.2) is 9.37 Å². The molecule has 0 radical (unpaired) electrons. The van der Waals surface area contributed by atoms with Crippen LogP contribution in [0.25, 0.3) is 11.3 Å². The SMILES string of the molecule is C=CC(=O)N1CCN2C(=O)c3c(N4CC(N5CCC5)CC4(C)C)nc(-c4ccccc4F)c(Cl)c3OC[C@H]2C1. The van der Waals surface area contributed by atoms with Crippen molar-refractivity contribution in [2.45, 2.75) is 44.3 Å². The number of halogens is 2. The molecule has 0 saturated carbocycles. The van der Waals surface area contributed by atoms with E-state index in [2.05, 4.69) is 30.2 Å². The number of piperazine rings is 1. The quantitative estimate of drug-likeness (QED) is 0.536. The summed E-state index contributed by atoms with van der Waals surface area (Å²) in [5.74, 6) is -0.166. The fourth-order valence-electron chi connectivity index (χ4n) is 6.34. The lowest BCUT2D eigenvalue weighted by molar-refractivity contribution is -0.128. The molecule has 3 fully saturated rings. The minimum absolute atomic E-state index is 0.113. The van der Waals surface area contributed by atoms with Gasteiger partial charge in [-0.15, -0.1) is 0 Å². The van der Waals surface area contributed by atoms with Crippen LogP contribution in [-0.2, 0) is 4.79 Å². The summed E-state index contributed by atoms with van der Waals surface area (Å²) in [6.07, 6.45) is 3.39. The normalized spacial score (nSPS) is 24.4. The van der Waals surface area contributed by atoms with Crippen LogP contribution in [-0.4, -0.2) is 95.0 Å². The van der Waals surface area contributed by atoms with Crippen molar-refractivity contribution in [2.75, 3.05) is 50.8 Å². The molecule has 2 aromatic rings. The van der Waals surface area contributed by atoms with Crippen molar-refractivity contribution in [3.8, 4) is 17.0 Å². The molecule has 0 spiro atoms. The zero-order valence-corrected chi connectivity index (χ0v) is 23.1. The van der Waals surface area contributed by atoms with E-state index in [9.17, 15) is 9.59 Å². The molecular formula is C29H33ClFN5O3. The van der Waals surface area contributed by atoms with Gasteiger partial charge in [-0.1, -0.05) is 30.3 Å². The van der Waals surface area contributed by atoms with Gasteiger partial charge in [0, 0.05) is 43.3 Å². The van der Waals surface area contributed by atoms with E-state index in [0.29, 0.717) is 43.6 Å². The topological polar surface area (TPSA) is 69.2 Å². The first-order valence-electron chi connectivity index (χ1n) is 13.5. The molecular weight excluding hydrogens is 521 g/mol.